The Bertz CT molecular complexity index is 922. The van der Waals surface area contributed by atoms with Crippen molar-refractivity contribution in [2.75, 3.05) is 0 Å². The summed E-state index contributed by atoms with van der Waals surface area (Å²) in [5, 5.41) is 7.35. The topological polar surface area (TPSA) is 100 Å². The van der Waals surface area contributed by atoms with Crippen LogP contribution in [0.3, 0.4) is 0 Å². The van der Waals surface area contributed by atoms with Gasteiger partial charge in [0.2, 0.25) is 11.8 Å². The van der Waals surface area contributed by atoms with Crippen LogP contribution in [0.1, 0.15) is 44.6 Å². The number of H-pyrrole nitrogens is 1. The van der Waals surface area contributed by atoms with Gasteiger partial charge in [-0.25, -0.2) is 0 Å². The highest BCUT2D eigenvalue weighted by Gasteiger charge is 2.49. The number of para-hydroxylation sites is 1. The second-order valence-electron chi connectivity index (χ2n) is 9.88. The van der Waals surface area contributed by atoms with Crippen molar-refractivity contribution in [3.05, 3.63) is 36.0 Å². The predicted octanol–water partition coefficient (Wildman–Crippen LogP) is 2.48. The number of fused-ring (bicyclic) bond motifs is 1. The molecule has 2 aromatic rings. The highest BCUT2D eigenvalue weighted by molar-refractivity contribution is 5.91. The average molecular weight is 409 g/mol. The van der Waals surface area contributed by atoms with E-state index in [0.29, 0.717) is 18.3 Å². The molecule has 4 fully saturated rings. The molecule has 0 aliphatic heterocycles. The summed E-state index contributed by atoms with van der Waals surface area (Å²) in [6.07, 6.45) is 8.76. The quantitative estimate of drug-likeness (QED) is 0.591. The number of amides is 2. The van der Waals surface area contributed by atoms with Crippen LogP contribution in [-0.2, 0) is 16.0 Å². The van der Waals surface area contributed by atoms with Gasteiger partial charge in [0.1, 0.15) is 6.04 Å². The maximum absolute atomic E-state index is 13.4. The first-order chi connectivity index (χ1) is 14.5. The fraction of sp³-hybridized carbons (Fsp3) is 0.583. The van der Waals surface area contributed by atoms with E-state index < -0.39 is 12.1 Å². The second-order valence-corrected chi connectivity index (χ2v) is 9.88. The van der Waals surface area contributed by atoms with E-state index in [1.807, 2.05) is 30.5 Å². The zero-order valence-corrected chi connectivity index (χ0v) is 17.6. The van der Waals surface area contributed by atoms with Crippen molar-refractivity contribution in [3.63, 3.8) is 0 Å². The standard InChI is InChI=1S/C24H32N4O2/c1-13(25)23(29)27-21(11-18-12-26-20-5-3-2-4-19(18)20)24(30)28-22-16-7-14-6-15(9-16)10-17(22)8-14/h2-5,12-17,21-22,26H,6-11,25H2,1H3,(H,27,29)(H,28,30)/t13-,14?,15?,16?,17?,21+,22?/m0/s1. The number of nitrogens with two attached hydrogens (primary N) is 1. The van der Waals surface area contributed by atoms with Crippen LogP contribution in [0.25, 0.3) is 10.9 Å². The minimum Gasteiger partial charge on any atom is -0.361 e. The molecule has 6 nitrogen and oxygen atoms in total. The van der Waals surface area contributed by atoms with Gasteiger partial charge in [0, 0.05) is 29.6 Å². The smallest absolute Gasteiger partial charge is 0.243 e. The number of benzene rings is 1. The highest BCUT2D eigenvalue weighted by Crippen LogP contribution is 2.53. The number of aromatic nitrogens is 1. The Hall–Kier alpha value is -2.34. The molecule has 5 N–H and O–H groups in total. The Morgan fingerprint density at radius 1 is 1.07 bits per heavy atom. The van der Waals surface area contributed by atoms with Crippen LogP contribution >= 0.6 is 0 Å². The molecule has 160 valence electrons. The lowest BCUT2D eigenvalue weighted by Crippen LogP contribution is -2.60. The van der Waals surface area contributed by atoms with E-state index >= 15 is 0 Å². The van der Waals surface area contributed by atoms with Gasteiger partial charge in [-0.2, -0.15) is 0 Å². The van der Waals surface area contributed by atoms with Gasteiger partial charge in [-0.05, 0) is 74.3 Å². The number of hydrogen-bond donors (Lipinski definition) is 4. The van der Waals surface area contributed by atoms with Crippen LogP contribution < -0.4 is 16.4 Å². The molecule has 4 aliphatic rings. The molecular formula is C24H32N4O2. The summed E-state index contributed by atoms with van der Waals surface area (Å²) < 4.78 is 0. The van der Waals surface area contributed by atoms with E-state index in [0.717, 1.165) is 28.3 Å². The molecule has 4 saturated carbocycles. The molecule has 6 heteroatoms. The van der Waals surface area contributed by atoms with Gasteiger partial charge in [0.15, 0.2) is 0 Å². The van der Waals surface area contributed by atoms with Gasteiger partial charge >= 0.3 is 0 Å². The maximum atomic E-state index is 13.4. The summed E-state index contributed by atoms with van der Waals surface area (Å²) in [4.78, 5) is 29.0. The monoisotopic (exact) mass is 408 g/mol. The Morgan fingerprint density at radius 2 is 1.73 bits per heavy atom. The first-order valence-electron chi connectivity index (χ1n) is 11.4. The number of hydrogen-bond acceptors (Lipinski definition) is 3. The lowest BCUT2D eigenvalue weighted by molar-refractivity contribution is -0.131. The van der Waals surface area contributed by atoms with Crippen molar-refractivity contribution in [2.24, 2.45) is 29.4 Å². The van der Waals surface area contributed by atoms with Crippen LogP contribution in [-0.4, -0.2) is 34.9 Å². The van der Waals surface area contributed by atoms with Gasteiger partial charge in [-0.1, -0.05) is 18.2 Å². The third-order valence-corrected chi connectivity index (χ3v) is 7.68. The number of nitrogens with one attached hydrogen (secondary N) is 3. The van der Waals surface area contributed by atoms with E-state index in [2.05, 4.69) is 15.6 Å². The van der Waals surface area contributed by atoms with Gasteiger partial charge in [-0.15, -0.1) is 0 Å². The van der Waals surface area contributed by atoms with Crippen molar-refractivity contribution in [1.29, 1.82) is 0 Å². The van der Waals surface area contributed by atoms with Crippen molar-refractivity contribution in [2.45, 2.75) is 63.6 Å². The summed E-state index contributed by atoms with van der Waals surface area (Å²) in [6.45, 7) is 1.65. The molecule has 6 rings (SSSR count). The molecule has 1 aromatic heterocycles. The first-order valence-corrected chi connectivity index (χ1v) is 11.4. The van der Waals surface area contributed by atoms with Crippen LogP contribution in [0.5, 0.6) is 0 Å². The lowest BCUT2D eigenvalue weighted by atomic mass is 9.54. The summed E-state index contributed by atoms with van der Waals surface area (Å²) in [6, 6.07) is 7.01. The molecule has 2 atom stereocenters. The van der Waals surface area contributed by atoms with Gasteiger partial charge < -0.3 is 21.4 Å². The van der Waals surface area contributed by atoms with E-state index in [1.165, 1.54) is 32.1 Å². The minimum atomic E-state index is -0.649. The molecule has 1 aromatic carbocycles. The van der Waals surface area contributed by atoms with Gasteiger partial charge in [0.05, 0.1) is 6.04 Å². The Labute approximate surface area is 177 Å². The van der Waals surface area contributed by atoms with Crippen LogP contribution in [0.2, 0.25) is 0 Å². The molecule has 0 radical (unpaired) electrons. The molecular weight excluding hydrogens is 376 g/mol. The van der Waals surface area contributed by atoms with Gasteiger partial charge in [-0.3, -0.25) is 9.59 Å². The average Bonchev–Trinajstić information content (AvgIpc) is 3.12. The fourth-order valence-electron chi connectivity index (χ4n) is 6.46. The molecule has 0 spiro atoms. The fourth-order valence-corrected chi connectivity index (χ4v) is 6.46. The molecule has 1 heterocycles. The lowest BCUT2D eigenvalue weighted by Gasteiger charge is -2.54. The van der Waals surface area contributed by atoms with E-state index in [1.54, 1.807) is 6.92 Å². The molecule has 0 unspecified atom stereocenters. The summed E-state index contributed by atoms with van der Waals surface area (Å²) in [5.74, 6) is 2.55. The van der Waals surface area contributed by atoms with Crippen molar-refractivity contribution >= 4 is 22.7 Å². The van der Waals surface area contributed by atoms with Crippen molar-refractivity contribution in [1.82, 2.24) is 15.6 Å². The van der Waals surface area contributed by atoms with Crippen molar-refractivity contribution in [3.8, 4) is 0 Å². The third kappa shape index (κ3) is 3.62. The number of carbonyl (C=O) groups excluding carboxylic acids is 2. The minimum absolute atomic E-state index is 0.0771. The van der Waals surface area contributed by atoms with E-state index in [9.17, 15) is 9.59 Å². The Balaban J connectivity index is 1.34. The molecule has 0 saturated heterocycles. The molecule has 30 heavy (non-hydrogen) atoms. The third-order valence-electron chi connectivity index (χ3n) is 7.68. The SMILES string of the molecule is C[C@H](N)C(=O)N[C@H](Cc1c[nH]c2ccccc12)C(=O)NC1C2CC3CC(C2)CC1C3. The molecule has 4 aliphatic carbocycles. The van der Waals surface area contributed by atoms with Crippen LogP contribution in [0.15, 0.2) is 30.5 Å². The zero-order valence-electron chi connectivity index (χ0n) is 17.6. The molecule has 2 amide bonds. The highest BCUT2D eigenvalue weighted by atomic mass is 16.2. The largest absolute Gasteiger partial charge is 0.361 e. The van der Waals surface area contributed by atoms with E-state index in [4.69, 9.17) is 5.73 Å². The normalized spacial score (nSPS) is 31.5. The number of carbonyl (C=O) groups is 2. The number of rotatable bonds is 6. The Morgan fingerprint density at radius 3 is 2.40 bits per heavy atom. The Kier molecular flexibility index (Phi) is 5.05. The van der Waals surface area contributed by atoms with Crippen LogP contribution in [0.4, 0.5) is 0 Å². The maximum Gasteiger partial charge on any atom is 0.243 e. The predicted molar refractivity (Wildman–Crippen MR) is 117 cm³/mol. The molecule has 4 bridgehead atoms. The van der Waals surface area contributed by atoms with E-state index in [-0.39, 0.29) is 17.9 Å². The van der Waals surface area contributed by atoms with Crippen LogP contribution in [0, 0.1) is 23.7 Å². The number of aromatic amines is 1. The first kappa shape index (κ1) is 19.6. The van der Waals surface area contributed by atoms with Gasteiger partial charge in [0.25, 0.3) is 0 Å². The van der Waals surface area contributed by atoms with Crippen molar-refractivity contribution < 1.29 is 9.59 Å². The summed E-state index contributed by atoms with van der Waals surface area (Å²) >= 11 is 0. The zero-order chi connectivity index (χ0) is 20.8. The summed E-state index contributed by atoms with van der Waals surface area (Å²) in [7, 11) is 0. The summed E-state index contributed by atoms with van der Waals surface area (Å²) in [5.41, 5.74) is 7.84. The second kappa shape index (κ2) is 7.73.